The summed E-state index contributed by atoms with van der Waals surface area (Å²) in [5.74, 6) is 4.75. The lowest BCUT2D eigenvalue weighted by molar-refractivity contribution is 0.308. The molecule has 0 aliphatic heterocycles. The van der Waals surface area contributed by atoms with E-state index < -0.39 is 0 Å². The number of nitrogens with one attached hydrogen (secondary N) is 1. The third-order valence-corrected chi connectivity index (χ3v) is 1.44. The van der Waals surface area contributed by atoms with Crippen LogP contribution in [0.3, 0.4) is 0 Å². The molecule has 0 saturated heterocycles. The van der Waals surface area contributed by atoms with E-state index in [0.29, 0.717) is 5.52 Å². The van der Waals surface area contributed by atoms with Gasteiger partial charge in [0.25, 0.3) is 0 Å². The molecule has 3 N–H and O–H groups in total. The van der Waals surface area contributed by atoms with Crippen molar-refractivity contribution in [2.75, 3.05) is 0 Å². The second kappa shape index (κ2) is 2.75. The first kappa shape index (κ1) is 7.55. The number of nitrogens with zero attached hydrogens (tertiary/aromatic N) is 4. The lowest BCUT2D eigenvalue weighted by Crippen LogP contribution is -2.05. The van der Waals surface area contributed by atoms with Crippen molar-refractivity contribution in [3.8, 4) is 6.01 Å². The summed E-state index contributed by atoms with van der Waals surface area (Å²) in [6, 6.07) is -0.144. The average molecular weight is 180 g/mol. The SMILES string of the molecule is NOc1nc(N=O)c2[nH]cnc2n1. The monoisotopic (exact) mass is 180 g/mol. The van der Waals surface area contributed by atoms with Gasteiger partial charge in [0.15, 0.2) is 5.65 Å². The highest BCUT2D eigenvalue weighted by Gasteiger charge is 2.10. The molecule has 0 aromatic carbocycles. The zero-order chi connectivity index (χ0) is 9.26. The summed E-state index contributed by atoms with van der Waals surface area (Å²) in [7, 11) is 0. The Bertz CT molecular complexity index is 451. The minimum atomic E-state index is -0.144. The summed E-state index contributed by atoms with van der Waals surface area (Å²) in [6.45, 7) is 0. The number of hydrogen-bond donors (Lipinski definition) is 2. The molecule has 66 valence electrons. The zero-order valence-electron chi connectivity index (χ0n) is 6.26. The molecule has 8 nitrogen and oxygen atoms in total. The van der Waals surface area contributed by atoms with Crippen LogP contribution in [0.5, 0.6) is 6.01 Å². The van der Waals surface area contributed by atoms with Gasteiger partial charge in [-0.2, -0.15) is 15.9 Å². The summed E-state index contributed by atoms with van der Waals surface area (Å²) in [5.41, 5.74) is 0.640. The van der Waals surface area contributed by atoms with Gasteiger partial charge in [-0.3, -0.25) is 0 Å². The third-order valence-electron chi connectivity index (χ3n) is 1.44. The van der Waals surface area contributed by atoms with Crippen LogP contribution in [0, 0.1) is 4.91 Å². The topological polar surface area (TPSA) is 119 Å². The molecule has 0 amide bonds. The lowest BCUT2D eigenvalue weighted by atomic mass is 10.5. The van der Waals surface area contributed by atoms with Crippen molar-refractivity contribution >= 4 is 17.0 Å². The standard InChI is InChI=1S/C5H4N6O2/c6-13-5-9-3-2(7-1-8-3)4(10-5)11-12/h1H,6H2,(H,7,8,9,10). The number of fused-ring (bicyclic) bond motifs is 1. The molecule has 0 saturated carbocycles. The summed E-state index contributed by atoms with van der Waals surface area (Å²) in [4.78, 5) is 28.4. The summed E-state index contributed by atoms with van der Waals surface area (Å²) in [5, 5.41) is 2.67. The van der Waals surface area contributed by atoms with Crippen molar-refractivity contribution in [2.24, 2.45) is 11.1 Å². The molecule has 2 heterocycles. The van der Waals surface area contributed by atoms with Gasteiger partial charge in [0.1, 0.15) is 5.52 Å². The van der Waals surface area contributed by atoms with Crippen LogP contribution in [0.1, 0.15) is 0 Å². The van der Waals surface area contributed by atoms with Crippen LogP contribution < -0.4 is 10.7 Å². The van der Waals surface area contributed by atoms with E-state index in [4.69, 9.17) is 5.90 Å². The van der Waals surface area contributed by atoms with E-state index >= 15 is 0 Å². The molecular formula is C5H4N6O2. The summed E-state index contributed by atoms with van der Waals surface area (Å²) < 4.78 is 0. The Morgan fingerprint density at radius 2 is 2.38 bits per heavy atom. The van der Waals surface area contributed by atoms with Crippen LogP contribution in [0.15, 0.2) is 11.5 Å². The van der Waals surface area contributed by atoms with Crippen LogP contribution in [0.4, 0.5) is 5.82 Å². The van der Waals surface area contributed by atoms with Gasteiger partial charge >= 0.3 is 6.01 Å². The summed E-state index contributed by atoms with van der Waals surface area (Å²) >= 11 is 0. The molecule has 0 fully saturated rings. The first-order chi connectivity index (χ1) is 6.35. The minimum Gasteiger partial charge on any atom is -0.371 e. The van der Waals surface area contributed by atoms with Crippen molar-refractivity contribution in [3.05, 3.63) is 11.2 Å². The maximum Gasteiger partial charge on any atom is 0.339 e. The molecule has 0 unspecified atom stereocenters. The first-order valence-corrected chi connectivity index (χ1v) is 3.26. The van der Waals surface area contributed by atoms with Crippen LogP contribution in [-0.4, -0.2) is 19.9 Å². The highest BCUT2D eigenvalue weighted by atomic mass is 16.6. The third kappa shape index (κ3) is 1.08. The predicted octanol–water partition coefficient (Wildman–Crippen LogP) is 0.00330. The number of aromatic amines is 1. The fourth-order valence-corrected chi connectivity index (χ4v) is 0.917. The quantitative estimate of drug-likeness (QED) is 0.496. The second-order valence-corrected chi connectivity index (χ2v) is 2.14. The Labute approximate surface area is 71.1 Å². The van der Waals surface area contributed by atoms with Gasteiger partial charge < -0.3 is 9.82 Å². The molecule has 8 heteroatoms. The van der Waals surface area contributed by atoms with Crippen LogP contribution in [0.25, 0.3) is 11.2 Å². The zero-order valence-corrected chi connectivity index (χ0v) is 6.26. The largest absolute Gasteiger partial charge is 0.371 e. The van der Waals surface area contributed by atoms with E-state index in [1.165, 1.54) is 6.33 Å². The number of nitroso groups, excluding NO2 is 1. The van der Waals surface area contributed by atoms with Crippen molar-refractivity contribution < 1.29 is 4.84 Å². The first-order valence-electron chi connectivity index (χ1n) is 3.26. The maximum absolute atomic E-state index is 10.3. The molecule has 2 rings (SSSR count). The second-order valence-electron chi connectivity index (χ2n) is 2.14. The Balaban J connectivity index is 2.77. The highest BCUT2D eigenvalue weighted by Crippen LogP contribution is 2.20. The predicted molar refractivity (Wildman–Crippen MR) is 42.0 cm³/mol. The number of hydrogen-bond acceptors (Lipinski definition) is 7. The van der Waals surface area contributed by atoms with Gasteiger partial charge in [0.2, 0.25) is 5.82 Å². The van der Waals surface area contributed by atoms with E-state index in [-0.39, 0.29) is 17.5 Å². The lowest BCUT2D eigenvalue weighted by Gasteiger charge is -1.95. The molecule has 2 aromatic rings. The molecule has 2 aromatic heterocycles. The minimum absolute atomic E-state index is 0.0806. The fraction of sp³-hybridized carbons (Fsp3) is 0. The Morgan fingerprint density at radius 3 is 3.08 bits per heavy atom. The fourth-order valence-electron chi connectivity index (χ4n) is 0.917. The van der Waals surface area contributed by atoms with E-state index in [1.807, 2.05) is 0 Å². The van der Waals surface area contributed by atoms with Crippen LogP contribution in [0.2, 0.25) is 0 Å². The Morgan fingerprint density at radius 1 is 1.54 bits per heavy atom. The van der Waals surface area contributed by atoms with E-state index in [0.717, 1.165) is 0 Å². The van der Waals surface area contributed by atoms with Gasteiger partial charge in [-0.15, -0.1) is 4.91 Å². The molecule has 0 atom stereocenters. The van der Waals surface area contributed by atoms with Gasteiger partial charge in [-0.25, -0.2) is 4.98 Å². The highest BCUT2D eigenvalue weighted by molar-refractivity contribution is 5.80. The van der Waals surface area contributed by atoms with Crippen molar-refractivity contribution in [3.63, 3.8) is 0 Å². The molecule has 0 aliphatic rings. The summed E-state index contributed by atoms with van der Waals surface area (Å²) in [6.07, 6.45) is 1.37. The maximum atomic E-state index is 10.3. The molecular weight excluding hydrogens is 176 g/mol. The number of aromatic nitrogens is 4. The Kier molecular flexibility index (Phi) is 1.60. The number of nitrogens with two attached hydrogens (primary N) is 1. The average Bonchev–Trinajstić information content (AvgIpc) is 2.63. The molecule has 0 spiro atoms. The number of imidazole rings is 1. The number of H-pyrrole nitrogens is 1. The van der Waals surface area contributed by atoms with Gasteiger partial charge in [0.05, 0.1) is 6.33 Å². The van der Waals surface area contributed by atoms with Crippen molar-refractivity contribution in [2.45, 2.75) is 0 Å². The molecule has 13 heavy (non-hydrogen) atoms. The smallest absolute Gasteiger partial charge is 0.339 e. The van der Waals surface area contributed by atoms with Crippen molar-refractivity contribution in [1.82, 2.24) is 19.9 Å². The van der Waals surface area contributed by atoms with Gasteiger partial charge in [-0.05, 0) is 5.18 Å². The van der Waals surface area contributed by atoms with Gasteiger partial charge in [-0.1, -0.05) is 0 Å². The van der Waals surface area contributed by atoms with E-state index in [2.05, 4.69) is 30.0 Å². The van der Waals surface area contributed by atoms with E-state index in [1.54, 1.807) is 0 Å². The van der Waals surface area contributed by atoms with Crippen LogP contribution >= 0.6 is 0 Å². The van der Waals surface area contributed by atoms with Gasteiger partial charge in [0, 0.05) is 0 Å². The Hall–Kier alpha value is -2.09. The van der Waals surface area contributed by atoms with Crippen LogP contribution in [-0.2, 0) is 0 Å². The molecule has 0 bridgehead atoms. The van der Waals surface area contributed by atoms with E-state index in [9.17, 15) is 4.91 Å². The molecule has 0 aliphatic carbocycles. The number of rotatable bonds is 2. The van der Waals surface area contributed by atoms with Crippen molar-refractivity contribution in [1.29, 1.82) is 0 Å². The normalized spacial score (nSPS) is 10.2. The molecule has 0 radical (unpaired) electrons.